The van der Waals surface area contributed by atoms with E-state index in [0.717, 1.165) is 19.4 Å². The van der Waals surface area contributed by atoms with Crippen LogP contribution in [0.15, 0.2) is 42.7 Å². The molecule has 20 heavy (non-hydrogen) atoms. The third-order valence-electron chi connectivity index (χ3n) is 3.35. The highest BCUT2D eigenvalue weighted by Gasteiger charge is 2.30. The molecule has 5 nitrogen and oxygen atoms in total. The van der Waals surface area contributed by atoms with Gasteiger partial charge in [-0.2, -0.15) is 0 Å². The number of nitrogens with zero attached hydrogens (tertiary/aromatic N) is 3. The molecule has 0 radical (unpaired) electrons. The lowest BCUT2D eigenvalue weighted by molar-refractivity contribution is 0.0995. The molecule has 5 heteroatoms. The summed E-state index contributed by atoms with van der Waals surface area (Å²) in [6.45, 7) is 0.766. The summed E-state index contributed by atoms with van der Waals surface area (Å²) in [6.07, 6.45) is 5.39. The second-order valence-corrected chi connectivity index (χ2v) is 4.97. The average molecular weight is 268 g/mol. The van der Waals surface area contributed by atoms with E-state index in [1.165, 1.54) is 11.8 Å². The first-order valence-electron chi connectivity index (χ1n) is 6.66. The summed E-state index contributed by atoms with van der Waals surface area (Å²) in [7, 11) is 0. The highest BCUT2D eigenvalue weighted by molar-refractivity contribution is 5.90. The Kier molecular flexibility index (Phi) is 3.33. The van der Waals surface area contributed by atoms with E-state index in [2.05, 4.69) is 27.0 Å². The number of carbonyl (C=O) groups excluding carboxylic acids is 1. The third kappa shape index (κ3) is 2.77. The second kappa shape index (κ2) is 5.28. The number of anilines is 1. The Hall–Kier alpha value is -2.43. The molecule has 3 rings (SSSR count). The van der Waals surface area contributed by atoms with E-state index in [9.17, 15) is 4.79 Å². The maximum Gasteiger partial charge on any atom is 0.268 e. The molecule has 0 aliphatic heterocycles. The molecule has 0 spiro atoms. The van der Waals surface area contributed by atoms with Gasteiger partial charge in [-0.15, -0.1) is 0 Å². The van der Waals surface area contributed by atoms with Crippen molar-refractivity contribution in [2.75, 3.05) is 4.90 Å². The summed E-state index contributed by atoms with van der Waals surface area (Å²) < 4.78 is 0. The van der Waals surface area contributed by atoms with E-state index >= 15 is 0 Å². The van der Waals surface area contributed by atoms with E-state index in [1.807, 2.05) is 18.2 Å². The van der Waals surface area contributed by atoms with Gasteiger partial charge in [0.1, 0.15) is 11.5 Å². The largest absolute Gasteiger partial charge is 0.364 e. The Balaban J connectivity index is 1.87. The van der Waals surface area contributed by atoms with Crippen molar-refractivity contribution in [2.45, 2.75) is 25.4 Å². The van der Waals surface area contributed by atoms with Crippen LogP contribution < -0.4 is 10.6 Å². The Morgan fingerprint density at radius 3 is 2.65 bits per heavy atom. The molecule has 1 aliphatic carbocycles. The van der Waals surface area contributed by atoms with E-state index in [-0.39, 0.29) is 5.69 Å². The van der Waals surface area contributed by atoms with Crippen molar-refractivity contribution in [2.24, 2.45) is 5.73 Å². The van der Waals surface area contributed by atoms with Crippen LogP contribution in [-0.4, -0.2) is 21.9 Å². The van der Waals surface area contributed by atoms with Crippen LogP contribution in [0.2, 0.25) is 0 Å². The normalized spacial score (nSPS) is 14.0. The molecule has 1 amide bonds. The van der Waals surface area contributed by atoms with Gasteiger partial charge in [-0.3, -0.25) is 9.78 Å². The van der Waals surface area contributed by atoms with Crippen LogP contribution in [0.1, 0.15) is 28.9 Å². The highest BCUT2D eigenvalue weighted by Crippen LogP contribution is 2.31. The zero-order valence-corrected chi connectivity index (χ0v) is 11.1. The standard InChI is InChI=1S/C15H16N4O/c16-15(20)13-8-17-9-14(18-13)19(12-6-7-12)10-11-4-2-1-3-5-11/h1-5,8-9,12H,6-7,10H2,(H2,16,20). The van der Waals surface area contributed by atoms with Gasteiger partial charge in [-0.25, -0.2) is 4.98 Å². The molecule has 1 aromatic heterocycles. The second-order valence-electron chi connectivity index (χ2n) is 4.97. The zero-order chi connectivity index (χ0) is 13.9. The number of hydrogen-bond acceptors (Lipinski definition) is 4. The SMILES string of the molecule is NC(=O)c1cncc(N(Cc2ccccc2)C2CC2)n1. The lowest BCUT2D eigenvalue weighted by atomic mass is 10.2. The van der Waals surface area contributed by atoms with Gasteiger partial charge in [0.05, 0.1) is 12.4 Å². The first-order chi connectivity index (χ1) is 9.74. The molecule has 1 aliphatic rings. The van der Waals surface area contributed by atoms with Crippen molar-refractivity contribution in [3.05, 3.63) is 54.0 Å². The van der Waals surface area contributed by atoms with Crippen molar-refractivity contribution < 1.29 is 4.79 Å². The molecule has 102 valence electrons. The predicted molar refractivity (Wildman–Crippen MR) is 76.2 cm³/mol. The summed E-state index contributed by atoms with van der Waals surface area (Å²) in [5.74, 6) is 0.169. The van der Waals surface area contributed by atoms with Gasteiger partial charge in [0.2, 0.25) is 0 Å². The lowest BCUT2D eigenvalue weighted by Crippen LogP contribution is -2.27. The quantitative estimate of drug-likeness (QED) is 0.896. The van der Waals surface area contributed by atoms with Gasteiger partial charge in [0.25, 0.3) is 5.91 Å². The molecule has 1 saturated carbocycles. The fourth-order valence-electron chi connectivity index (χ4n) is 2.18. The minimum absolute atomic E-state index is 0.209. The molecule has 0 unspecified atom stereocenters. The first kappa shape index (κ1) is 12.6. The Labute approximate surface area is 117 Å². The summed E-state index contributed by atoms with van der Waals surface area (Å²) in [6, 6.07) is 10.7. The van der Waals surface area contributed by atoms with Crippen LogP contribution >= 0.6 is 0 Å². The maximum absolute atomic E-state index is 11.2. The molecule has 1 aromatic carbocycles. The molecule has 2 N–H and O–H groups in total. The molecule has 1 heterocycles. The topological polar surface area (TPSA) is 72.1 Å². The molecular weight excluding hydrogens is 252 g/mol. The van der Waals surface area contributed by atoms with Gasteiger partial charge < -0.3 is 10.6 Å². The van der Waals surface area contributed by atoms with E-state index in [1.54, 1.807) is 6.20 Å². The first-order valence-corrected chi connectivity index (χ1v) is 6.66. The van der Waals surface area contributed by atoms with Crippen molar-refractivity contribution in [1.29, 1.82) is 0 Å². The number of aromatic nitrogens is 2. The molecular formula is C15H16N4O. The number of rotatable bonds is 5. The zero-order valence-electron chi connectivity index (χ0n) is 11.1. The van der Waals surface area contributed by atoms with Crippen LogP contribution in [0, 0.1) is 0 Å². The number of amides is 1. The Bertz CT molecular complexity index is 610. The fraction of sp³-hybridized carbons (Fsp3) is 0.267. The van der Waals surface area contributed by atoms with Gasteiger partial charge >= 0.3 is 0 Å². The number of benzene rings is 1. The monoisotopic (exact) mass is 268 g/mol. The van der Waals surface area contributed by atoms with Crippen LogP contribution in [0.4, 0.5) is 5.82 Å². The fourth-order valence-corrected chi connectivity index (χ4v) is 2.18. The summed E-state index contributed by atoms with van der Waals surface area (Å²) in [5, 5.41) is 0. The van der Waals surface area contributed by atoms with Crippen molar-refractivity contribution in [1.82, 2.24) is 9.97 Å². The Morgan fingerprint density at radius 1 is 1.25 bits per heavy atom. The number of hydrogen-bond donors (Lipinski definition) is 1. The van der Waals surface area contributed by atoms with Gasteiger partial charge in [-0.1, -0.05) is 30.3 Å². The Morgan fingerprint density at radius 2 is 2.00 bits per heavy atom. The summed E-state index contributed by atoms with van der Waals surface area (Å²) in [5.41, 5.74) is 6.69. The van der Waals surface area contributed by atoms with Gasteiger partial charge in [-0.05, 0) is 18.4 Å². The van der Waals surface area contributed by atoms with Crippen molar-refractivity contribution in [3.63, 3.8) is 0 Å². The van der Waals surface area contributed by atoms with E-state index in [0.29, 0.717) is 11.9 Å². The van der Waals surface area contributed by atoms with Crippen LogP contribution in [0.25, 0.3) is 0 Å². The van der Waals surface area contributed by atoms with Crippen molar-refractivity contribution in [3.8, 4) is 0 Å². The average Bonchev–Trinajstić information content (AvgIpc) is 3.30. The summed E-state index contributed by atoms with van der Waals surface area (Å²) in [4.78, 5) is 21.8. The smallest absolute Gasteiger partial charge is 0.268 e. The van der Waals surface area contributed by atoms with Crippen LogP contribution in [0.5, 0.6) is 0 Å². The minimum atomic E-state index is -0.546. The molecule has 0 atom stereocenters. The number of nitrogens with two attached hydrogens (primary N) is 1. The van der Waals surface area contributed by atoms with Crippen LogP contribution in [0.3, 0.4) is 0 Å². The molecule has 0 bridgehead atoms. The molecule has 2 aromatic rings. The predicted octanol–water partition coefficient (Wildman–Crippen LogP) is 1.74. The molecule has 1 fully saturated rings. The van der Waals surface area contributed by atoms with Gasteiger partial charge in [0, 0.05) is 12.6 Å². The summed E-state index contributed by atoms with van der Waals surface area (Å²) >= 11 is 0. The van der Waals surface area contributed by atoms with E-state index in [4.69, 9.17) is 5.73 Å². The van der Waals surface area contributed by atoms with Crippen molar-refractivity contribution >= 4 is 11.7 Å². The number of carbonyl (C=O) groups is 1. The highest BCUT2D eigenvalue weighted by atomic mass is 16.1. The third-order valence-corrected chi connectivity index (χ3v) is 3.35. The molecule has 0 saturated heterocycles. The maximum atomic E-state index is 11.2. The number of primary amides is 1. The van der Waals surface area contributed by atoms with Crippen LogP contribution in [-0.2, 0) is 6.54 Å². The lowest BCUT2D eigenvalue weighted by Gasteiger charge is -2.23. The van der Waals surface area contributed by atoms with E-state index < -0.39 is 5.91 Å². The minimum Gasteiger partial charge on any atom is -0.364 e. The van der Waals surface area contributed by atoms with Gasteiger partial charge in [0.15, 0.2) is 0 Å².